The second kappa shape index (κ2) is 9.27. The molecule has 0 amide bonds. The Morgan fingerprint density at radius 3 is 2.46 bits per heavy atom. The number of nitrogens with zero attached hydrogens (tertiary/aromatic N) is 3. The van der Waals surface area contributed by atoms with Crippen molar-refractivity contribution in [2.24, 2.45) is 4.99 Å². The monoisotopic (exact) mass is 345 g/mol. The minimum absolute atomic E-state index is 0.676. The standard InChI is InChI=1S/C18H27N5S/c1-5-14-6-8-15(9-7-14)10-11-20-17(19-2)21-12-16-13-24-18(22-16)23(3)4/h6-9,13H,5,10-12H2,1-4H3,(H2,19,20,21). The zero-order valence-electron chi connectivity index (χ0n) is 15.0. The van der Waals surface area contributed by atoms with Gasteiger partial charge in [0.05, 0.1) is 12.2 Å². The molecule has 2 N–H and O–H groups in total. The first-order chi connectivity index (χ1) is 11.6. The van der Waals surface area contributed by atoms with Gasteiger partial charge in [0.15, 0.2) is 11.1 Å². The van der Waals surface area contributed by atoms with Gasteiger partial charge in [0, 0.05) is 33.1 Å². The lowest BCUT2D eigenvalue weighted by molar-refractivity contribution is 0.785. The fourth-order valence-electron chi connectivity index (χ4n) is 2.24. The first kappa shape index (κ1) is 18.3. The lowest BCUT2D eigenvalue weighted by Gasteiger charge is -2.11. The van der Waals surface area contributed by atoms with Gasteiger partial charge >= 0.3 is 0 Å². The van der Waals surface area contributed by atoms with Crippen LogP contribution in [0.4, 0.5) is 5.13 Å². The van der Waals surface area contributed by atoms with Crippen LogP contribution in [0.3, 0.4) is 0 Å². The minimum Gasteiger partial charge on any atom is -0.356 e. The smallest absolute Gasteiger partial charge is 0.191 e. The van der Waals surface area contributed by atoms with Crippen LogP contribution >= 0.6 is 11.3 Å². The molecule has 1 aromatic heterocycles. The predicted molar refractivity (Wildman–Crippen MR) is 104 cm³/mol. The van der Waals surface area contributed by atoms with Crippen LogP contribution in [-0.4, -0.2) is 38.6 Å². The highest BCUT2D eigenvalue weighted by Gasteiger charge is 2.04. The molecule has 0 atom stereocenters. The molecule has 0 spiro atoms. The number of rotatable bonds is 7. The summed E-state index contributed by atoms with van der Waals surface area (Å²) in [5.41, 5.74) is 3.75. The molecule has 0 radical (unpaired) electrons. The molecule has 0 saturated carbocycles. The van der Waals surface area contributed by atoms with Crippen molar-refractivity contribution in [1.29, 1.82) is 0 Å². The fraction of sp³-hybridized carbons (Fsp3) is 0.444. The van der Waals surface area contributed by atoms with Gasteiger partial charge < -0.3 is 15.5 Å². The van der Waals surface area contributed by atoms with Crippen LogP contribution in [0.25, 0.3) is 0 Å². The molecule has 0 saturated heterocycles. The molecule has 0 unspecified atom stereocenters. The molecular formula is C18H27N5S. The Hall–Kier alpha value is -2.08. The summed E-state index contributed by atoms with van der Waals surface area (Å²) in [6.45, 7) is 3.70. The summed E-state index contributed by atoms with van der Waals surface area (Å²) in [5, 5.41) is 9.75. The van der Waals surface area contributed by atoms with E-state index in [2.05, 4.69) is 57.2 Å². The van der Waals surface area contributed by atoms with E-state index in [4.69, 9.17) is 0 Å². The number of benzene rings is 1. The van der Waals surface area contributed by atoms with E-state index in [1.54, 1.807) is 18.4 Å². The van der Waals surface area contributed by atoms with E-state index in [1.807, 2.05) is 19.0 Å². The number of aromatic nitrogens is 1. The van der Waals surface area contributed by atoms with E-state index in [-0.39, 0.29) is 0 Å². The van der Waals surface area contributed by atoms with Gasteiger partial charge in [0.1, 0.15) is 0 Å². The SMILES string of the molecule is CCc1ccc(CCNC(=NC)NCc2csc(N(C)C)n2)cc1. The molecule has 2 aromatic rings. The quantitative estimate of drug-likeness (QED) is 0.598. The van der Waals surface area contributed by atoms with Gasteiger partial charge in [0.25, 0.3) is 0 Å². The summed E-state index contributed by atoms with van der Waals surface area (Å²) in [7, 11) is 5.80. The van der Waals surface area contributed by atoms with Crippen LogP contribution in [0.2, 0.25) is 0 Å². The minimum atomic E-state index is 0.676. The normalized spacial score (nSPS) is 11.4. The maximum Gasteiger partial charge on any atom is 0.191 e. The van der Waals surface area contributed by atoms with Gasteiger partial charge in [-0.1, -0.05) is 31.2 Å². The molecule has 130 valence electrons. The topological polar surface area (TPSA) is 52.6 Å². The molecule has 2 rings (SSSR count). The first-order valence-corrected chi connectivity index (χ1v) is 9.14. The molecule has 24 heavy (non-hydrogen) atoms. The highest BCUT2D eigenvalue weighted by atomic mass is 32.1. The van der Waals surface area contributed by atoms with Crippen LogP contribution in [0.5, 0.6) is 0 Å². The van der Waals surface area contributed by atoms with Crippen molar-refractivity contribution >= 4 is 22.4 Å². The van der Waals surface area contributed by atoms with Crippen LogP contribution in [0, 0.1) is 0 Å². The van der Waals surface area contributed by atoms with E-state index >= 15 is 0 Å². The van der Waals surface area contributed by atoms with E-state index < -0.39 is 0 Å². The zero-order chi connectivity index (χ0) is 17.4. The van der Waals surface area contributed by atoms with Crippen molar-refractivity contribution in [1.82, 2.24) is 15.6 Å². The number of hydrogen-bond acceptors (Lipinski definition) is 4. The van der Waals surface area contributed by atoms with E-state index in [9.17, 15) is 0 Å². The molecule has 1 aromatic carbocycles. The molecule has 0 aliphatic carbocycles. The van der Waals surface area contributed by atoms with E-state index in [0.717, 1.165) is 36.2 Å². The number of hydrogen-bond donors (Lipinski definition) is 2. The van der Waals surface area contributed by atoms with Crippen LogP contribution in [0.15, 0.2) is 34.6 Å². The van der Waals surface area contributed by atoms with Gasteiger partial charge in [-0.3, -0.25) is 4.99 Å². The van der Waals surface area contributed by atoms with Crippen molar-refractivity contribution in [3.8, 4) is 0 Å². The Kier molecular flexibility index (Phi) is 7.06. The Bertz CT molecular complexity index is 646. The summed E-state index contributed by atoms with van der Waals surface area (Å²) in [5.74, 6) is 0.805. The Labute approximate surface area is 148 Å². The Balaban J connectivity index is 1.75. The number of anilines is 1. The summed E-state index contributed by atoms with van der Waals surface area (Å²) < 4.78 is 0. The molecule has 0 bridgehead atoms. The van der Waals surface area contributed by atoms with Crippen molar-refractivity contribution in [2.45, 2.75) is 26.3 Å². The second-order valence-electron chi connectivity index (χ2n) is 5.79. The molecular weight excluding hydrogens is 318 g/mol. The molecule has 0 aliphatic heterocycles. The number of nitrogens with one attached hydrogen (secondary N) is 2. The number of aryl methyl sites for hydroxylation is 1. The highest BCUT2D eigenvalue weighted by Crippen LogP contribution is 2.17. The molecule has 6 heteroatoms. The average molecular weight is 346 g/mol. The number of aliphatic imine (C=N–C) groups is 1. The largest absolute Gasteiger partial charge is 0.356 e. The fourth-order valence-corrected chi connectivity index (χ4v) is 3.00. The summed E-state index contributed by atoms with van der Waals surface area (Å²) in [6.07, 6.45) is 2.06. The van der Waals surface area contributed by atoms with Gasteiger partial charge in [-0.2, -0.15) is 0 Å². The summed E-state index contributed by atoms with van der Waals surface area (Å²) in [4.78, 5) is 10.8. The highest BCUT2D eigenvalue weighted by molar-refractivity contribution is 7.13. The first-order valence-electron chi connectivity index (χ1n) is 8.26. The third-order valence-corrected chi connectivity index (χ3v) is 4.78. The maximum atomic E-state index is 4.56. The zero-order valence-corrected chi connectivity index (χ0v) is 15.8. The third kappa shape index (κ3) is 5.53. The lowest BCUT2D eigenvalue weighted by Crippen LogP contribution is -2.37. The molecule has 0 aliphatic rings. The van der Waals surface area contributed by atoms with Crippen molar-refractivity contribution < 1.29 is 0 Å². The predicted octanol–water partition coefficient (Wildman–Crippen LogP) is 2.68. The van der Waals surface area contributed by atoms with Gasteiger partial charge in [-0.25, -0.2) is 4.98 Å². The Morgan fingerprint density at radius 1 is 1.17 bits per heavy atom. The van der Waals surface area contributed by atoms with Crippen molar-refractivity contribution in [3.05, 3.63) is 46.5 Å². The van der Waals surface area contributed by atoms with Crippen LogP contribution in [-0.2, 0) is 19.4 Å². The second-order valence-corrected chi connectivity index (χ2v) is 6.62. The van der Waals surface area contributed by atoms with Crippen molar-refractivity contribution in [2.75, 3.05) is 32.6 Å². The van der Waals surface area contributed by atoms with E-state index in [1.165, 1.54) is 11.1 Å². The summed E-state index contributed by atoms with van der Waals surface area (Å²) in [6, 6.07) is 8.81. The lowest BCUT2D eigenvalue weighted by atomic mass is 10.1. The molecule has 0 fully saturated rings. The number of guanidine groups is 1. The van der Waals surface area contributed by atoms with Crippen LogP contribution in [0.1, 0.15) is 23.7 Å². The summed E-state index contributed by atoms with van der Waals surface area (Å²) >= 11 is 1.65. The van der Waals surface area contributed by atoms with Gasteiger partial charge in [-0.05, 0) is 24.0 Å². The van der Waals surface area contributed by atoms with Gasteiger partial charge in [-0.15, -0.1) is 11.3 Å². The number of thiazole rings is 1. The maximum absolute atomic E-state index is 4.56. The Morgan fingerprint density at radius 2 is 1.88 bits per heavy atom. The molecule has 5 nitrogen and oxygen atoms in total. The van der Waals surface area contributed by atoms with Crippen molar-refractivity contribution in [3.63, 3.8) is 0 Å². The third-order valence-electron chi connectivity index (χ3n) is 3.72. The molecule has 1 heterocycles. The van der Waals surface area contributed by atoms with Gasteiger partial charge in [0.2, 0.25) is 0 Å². The average Bonchev–Trinajstić information content (AvgIpc) is 3.08. The van der Waals surface area contributed by atoms with E-state index in [0.29, 0.717) is 6.54 Å². The van der Waals surface area contributed by atoms with Crippen LogP contribution < -0.4 is 15.5 Å².